The average molecular weight is 277 g/mol. The lowest BCUT2D eigenvalue weighted by molar-refractivity contribution is 0.0526. The molecule has 1 aliphatic rings. The number of esters is 1. The predicted octanol–water partition coefficient (Wildman–Crippen LogP) is 1.84. The zero-order valence-electron chi connectivity index (χ0n) is 12.3. The van der Waals surface area contributed by atoms with E-state index in [4.69, 9.17) is 4.74 Å². The van der Waals surface area contributed by atoms with E-state index in [0.717, 1.165) is 38.3 Å². The summed E-state index contributed by atoms with van der Waals surface area (Å²) in [5, 5.41) is 3.37. The summed E-state index contributed by atoms with van der Waals surface area (Å²) in [5.41, 5.74) is 0.511. The number of aromatic nitrogens is 1. The Morgan fingerprint density at radius 3 is 2.70 bits per heavy atom. The molecule has 0 unspecified atom stereocenters. The number of carbonyl (C=O) groups is 1. The fraction of sp³-hybridized carbons (Fsp3) is 0.600. The van der Waals surface area contributed by atoms with Crippen LogP contribution in [0.5, 0.6) is 0 Å². The van der Waals surface area contributed by atoms with Crippen molar-refractivity contribution >= 4 is 11.8 Å². The Hall–Kier alpha value is -1.62. The molecular weight excluding hydrogens is 254 g/mol. The topological polar surface area (TPSA) is 54.5 Å². The first-order valence-corrected chi connectivity index (χ1v) is 7.36. The highest BCUT2D eigenvalue weighted by atomic mass is 16.5. The van der Waals surface area contributed by atoms with Gasteiger partial charge in [0, 0.05) is 18.8 Å². The van der Waals surface area contributed by atoms with Gasteiger partial charge >= 0.3 is 5.97 Å². The van der Waals surface area contributed by atoms with Crippen LogP contribution in [0.1, 0.15) is 37.0 Å². The van der Waals surface area contributed by atoms with Crippen molar-refractivity contribution in [2.75, 3.05) is 31.1 Å². The highest BCUT2D eigenvalue weighted by Gasteiger charge is 2.21. The first-order valence-electron chi connectivity index (χ1n) is 7.36. The van der Waals surface area contributed by atoms with Crippen molar-refractivity contribution in [1.82, 2.24) is 10.3 Å². The van der Waals surface area contributed by atoms with Crippen LogP contribution in [0.4, 0.5) is 5.82 Å². The second kappa shape index (κ2) is 7.24. The molecule has 2 rings (SSSR count). The fourth-order valence-electron chi connectivity index (χ4n) is 2.62. The van der Waals surface area contributed by atoms with E-state index in [2.05, 4.69) is 22.1 Å². The van der Waals surface area contributed by atoms with E-state index in [1.54, 1.807) is 19.2 Å². The summed E-state index contributed by atoms with van der Waals surface area (Å²) in [7, 11) is 0. The van der Waals surface area contributed by atoms with Gasteiger partial charge in [0.1, 0.15) is 5.82 Å². The Morgan fingerprint density at radius 2 is 2.15 bits per heavy atom. The summed E-state index contributed by atoms with van der Waals surface area (Å²) in [6, 6.07) is 4.24. The van der Waals surface area contributed by atoms with Gasteiger partial charge in [0.05, 0.1) is 12.2 Å². The van der Waals surface area contributed by atoms with Crippen LogP contribution < -0.4 is 10.2 Å². The second-order valence-corrected chi connectivity index (χ2v) is 4.89. The van der Waals surface area contributed by atoms with Gasteiger partial charge in [-0.3, -0.25) is 0 Å². The average Bonchev–Trinajstić information content (AvgIpc) is 2.50. The summed E-state index contributed by atoms with van der Waals surface area (Å²) >= 11 is 0. The number of piperidine rings is 1. The SMILES string of the molecule is CCOC(=O)c1ccc(N(CC)C2CCNCC2)nc1. The van der Waals surface area contributed by atoms with Crippen molar-refractivity contribution in [3.63, 3.8) is 0 Å². The molecule has 110 valence electrons. The molecule has 1 aromatic rings. The van der Waals surface area contributed by atoms with Gasteiger partial charge in [-0.05, 0) is 51.9 Å². The van der Waals surface area contributed by atoms with Gasteiger partial charge in [0.2, 0.25) is 0 Å². The Morgan fingerprint density at radius 1 is 1.40 bits per heavy atom. The maximum Gasteiger partial charge on any atom is 0.339 e. The predicted molar refractivity (Wildman–Crippen MR) is 79.1 cm³/mol. The molecule has 1 saturated heterocycles. The molecule has 0 aromatic carbocycles. The Balaban J connectivity index is 2.08. The van der Waals surface area contributed by atoms with Gasteiger partial charge in [0.15, 0.2) is 0 Å². The molecule has 2 heterocycles. The summed E-state index contributed by atoms with van der Waals surface area (Å²) in [6.45, 7) is 7.37. The molecule has 0 atom stereocenters. The maximum absolute atomic E-state index is 11.6. The van der Waals surface area contributed by atoms with Crippen LogP contribution in [0.2, 0.25) is 0 Å². The fourth-order valence-corrected chi connectivity index (χ4v) is 2.62. The smallest absolute Gasteiger partial charge is 0.339 e. The minimum absolute atomic E-state index is 0.309. The first-order chi connectivity index (χ1) is 9.76. The molecule has 0 amide bonds. The summed E-state index contributed by atoms with van der Waals surface area (Å²) in [6.07, 6.45) is 3.88. The van der Waals surface area contributed by atoms with Crippen LogP contribution in [0.25, 0.3) is 0 Å². The number of nitrogens with zero attached hydrogens (tertiary/aromatic N) is 2. The zero-order chi connectivity index (χ0) is 14.4. The number of carbonyl (C=O) groups excluding carboxylic acids is 1. The second-order valence-electron chi connectivity index (χ2n) is 4.89. The molecule has 1 fully saturated rings. The summed E-state index contributed by atoms with van der Waals surface area (Å²) < 4.78 is 4.97. The molecule has 20 heavy (non-hydrogen) atoms. The van der Waals surface area contributed by atoms with E-state index < -0.39 is 0 Å². The van der Waals surface area contributed by atoms with Gasteiger partial charge < -0.3 is 15.0 Å². The van der Waals surface area contributed by atoms with Crippen LogP contribution in [0, 0.1) is 0 Å². The van der Waals surface area contributed by atoms with Crippen LogP contribution >= 0.6 is 0 Å². The standard InChI is InChI=1S/C15H23N3O2/c1-3-18(13-7-9-16-10-8-13)14-6-5-12(11-17-14)15(19)20-4-2/h5-6,11,13,16H,3-4,7-10H2,1-2H3. The normalized spacial score (nSPS) is 15.9. The molecule has 0 spiro atoms. The molecule has 0 bridgehead atoms. The third-order valence-electron chi connectivity index (χ3n) is 3.64. The van der Waals surface area contributed by atoms with E-state index in [1.807, 2.05) is 6.07 Å². The number of nitrogens with one attached hydrogen (secondary N) is 1. The minimum Gasteiger partial charge on any atom is -0.462 e. The Labute approximate surface area is 120 Å². The molecule has 1 N–H and O–H groups in total. The lowest BCUT2D eigenvalue weighted by Crippen LogP contribution is -2.43. The maximum atomic E-state index is 11.6. The number of anilines is 1. The number of pyridine rings is 1. The van der Waals surface area contributed by atoms with E-state index in [9.17, 15) is 4.79 Å². The number of ether oxygens (including phenoxy) is 1. The van der Waals surface area contributed by atoms with Gasteiger partial charge in [-0.15, -0.1) is 0 Å². The van der Waals surface area contributed by atoms with E-state index in [1.165, 1.54) is 0 Å². The number of hydrogen-bond donors (Lipinski definition) is 1. The lowest BCUT2D eigenvalue weighted by atomic mass is 10.0. The Kier molecular flexibility index (Phi) is 5.35. The van der Waals surface area contributed by atoms with Crippen molar-refractivity contribution in [3.8, 4) is 0 Å². The van der Waals surface area contributed by atoms with Crippen LogP contribution in [0.15, 0.2) is 18.3 Å². The molecule has 5 heteroatoms. The van der Waals surface area contributed by atoms with Crippen LogP contribution in [0.3, 0.4) is 0 Å². The van der Waals surface area contributed by atoms with Crippen LogP contribution in [-0.4, -0.2) is 43.2 Å². The molecule has 5 nitrogen and oxygen atoms in total. The molecule has 0 aliphatic carbocycles. The van der Waals surface area contributed by atoms with Crippen molar-refractivity contribution < 1.29 is 9.53 Å². The van der Waals surface area contributed by atoms with Gasteiger partial charge in [-0.1, -0.05) is 0 Å². The molecule has 0 radical (unpaired) electrons. The highest BCUT2D eigenvalue weighted by molar-refractivity contribution is 5.89. The van der Waals surface area contributed by atoms with Gasteiger partial charge in [-0.25, -0.2) is 9.78 Å². The van der Waals surface area contributed by atoms with E-state index in [0.29, 0.717) is 18.2 Å². The summed E-state index contributed by atoms with van der Waals surface area (Å²) in [5.74, 6) is 0.629. The van der Waals surface area contributed by atoms with Gasteiger partial charge in [-0.2, -0.15) is 0 Å². The molecular formula is C15H23N3O2. The van der Waals surface area contributed by atoms with Crippen molar-refractivity contribution in [2.24, 2.45) is 0 Å². The number of hydrogen-bond acceptors (Lipinski definition) is 5. The van der Waals surface area contributed by atoms with Crippen molar-refractivity contribution in [3.05, 3.63) is 23.9 Å². The Bertz CT molecular complexity index is 427. The van der Waals surface area contributed by atoms with Crippen LogP contribution in [-0.2, 0) is 4.74 Å². The quantitative estimate of drug-likeness (QED) is 0.832. The molecule has 1 aliphatic heterocycles. The largest absolute Gasteiger partial charge is 0.462 e. The monoisotopic (exact) mass is 277 g/mol. The van der Waals surface area contributed by atoms with E-state index >= 15 is 0 Å². The zero-order valence-corrected chi connectivity index (χ0v) is 12.3. The lowest BCUT2D eigenvalue weighted by Gasteiger charge is -2.34. The third-order valence-corrected chi connectivity index (χ3v) is 3.64. The third kappa shape index (κ3) is 3.48. The highest BCUT2D eigenvalue weighted by Crippen LogP contribution is 2.19. The molecule has 1 aromatic heterocycles. The van der Waals surface area contributed by atoms with E-state index in [-0.39, 0.29) is 5.97 Å². The number of rotatable bonds is 5. The molecule has 0 saturated carbocycles. The minimum atomic E-state index is -0.309. The van der Waals surface area contributed by atoms with Crippen molar-refractivity contribution in [2.45, 2.75) is 32.7 Å². The van der Waals surface area contributed by atoms with Crippen molar-refractivity contribution in [1.29, 1.82) is 0 Å². The summed E-state index contributed by atoms with van der Waals surface area (Å²) in [4.78, 5) is 18.4. The van der Waals surface area contributed by atoms with Gasteiger partial charge in [0.25, 0.3) is 0 Å². The first kappa shape index (κ1) is 14.8.